The van der Waals surface area contributed by atoms with Crippen LogP contribution in [-0.2, 0) is 0 Å². The summed E-state index contributed by atoms with van der Waals surface area (Å²) in [7, 11) is 0. The van der Waals surface area contributed by atoms with Gasteiger partial charge < -0.3 is 9.73 Å². The van der Waals surface area contributed by atoms with Crippen molar-refractivity contribution >= 4 is 22.6 Å². The van der Waals surface area contributed by atoms with E-state index < -0.39 is 0 Å². The minimum Gasteiger partial charge on any atom is -0.462 e. The lowest BCUT2D eigenvalue weighted by molar-refractivity contribution is 0.348. The van der Waals surface area contributed by atoms with E-state index in [2.05, 4.69) is 12.2 Å². The van der Waals surface area contributed by atoms with E-state index in [0.717, 1.165) is 30.7 Å². The highest BCUT2D eigenvalue weighted by molar-refractivity contribution is 6.35. The molecule has 1 fully saturated rings. The zero-order chi connectivity index (χ0) is 12.7. The molecule has 2 atom stereocenters. The fourth-order valence-corrected chi connectivity index (χ4v) is 3.03. The predicted molar refractivity (Wildman–Crippen MR) is 70.6 cm³/mol. The average Bonchev–Trinajstić information content (AvgIpc) is 2.71. The molecule has 0 bridgehead atoms. The summed E-state index contributed by atoms with van der Waals surface area (Å²) in [5.41, 5.74) is 1.69. The molecule has 2 aromatic rings. The number of rotatable bonds is 1. The second kappa shape index (κ2) is 4.56. The molecule has 96 valence electrons. The van der Waals surface area contributed by atoms with Gasteiger partial charge in [0.15, 0.2) is 0 Å². The van der Waals surface area contributed by atoms with E-state index in [0.29, 0.717) is 22.2 Å². The van der Waals surface area contributed by atoms with E-state index in [1.54, 1.807) is 6.07 Å². The first-order valence-corrected chi connectivity index (χ1v) is 6.61. The number of benzene rings is 1. The minimum atomic E-state index is -0.244. The van der Waals surface area contributed by atoms with Crippen LogP contribution in [0.2, 0.25) is 5.02 Å². The van der Waals surface area contributed by atoms with Crippen molar-refractivity contribution in [2.45, 2.75) is 19.3 Å². The molecule has 0 saturated carbocycles. The van der Waals surface area contributed by atoms with Crippen LogP contribution in [0.1, 0.15) is 24.8 Å². The Bertz CT molecular complexity index is 580. The van der Waals surface area contributed by atoms with Gasteiger partial charge in [-0.1, -0.05) is 18.5 Å². The van der Waals surface area contributed by atoms with E-state index >= 15 is 0 Å². The topological polar surface area (TPSA) is 25.2 Å². The first-order chi connectivity index (χ1) is 8.66. The number of hydrogen-bond acceptors (Lipinski definition) is 2. The molecule has 3 rings (SSSR count). The fraction of sp³-hybridized carbons (Fsp3) is 0.429. The molecule has 1 saturated heterocycles. The van der Waals surface area contributed by atoms with Crippen LogP contribution in [0.5, 0.6) is 0 Å². The fourth-order valence-electron chi connectivity index (χ4n) is 2.85. The molecule has 0 radical (unpaired) electrons. The Morgan fingerprint density at radius 2 is 2.28 bits per heavy atom. The molecule has 2 heterocycles. The number of furan rings is 1. The average molecular weight is 268 g/mol. The lowest BCUT2D eigenvalue weighted by Crippen LogP contribution is -2.33. The van der Waals surface area contributed by atoms with Gasteiger partial charge in [0.05, 0.1) is 5.02 Å². The molecular weight excluding hydrogens is 253 g/mol. The molecule has 1 aromatic heterocycles. The van der Waals surface area contributed by atoms with Gasteiger partial charge in [-0.2, -0.15) is 0 Å². The molecule has 0 amide bonds. The highest BCUT2D eigenvalue weighted by Gasteiger charge is 2.26. The highest BCUT2D eigenvalue weighted by atomic mass is 35.5. The van der Waals surface area contributed by atoms with Crippen LogP contribution in [0.25, 0.3) is 11.0 Å². The Hall–Kier alpha value is -1.06. The summed E-state index contributed by atoms with van der Waals surface area (Å²) in [5.74, 6) is 0.547. The van der Waals surface area contributed by atoms with E-state index in [1.807, 2.05) is 0 Å². The molecule has 0 unspecified atom stereocenters. The van der Waals surface area contributed by atoms with Crippen LogP contribution in [0.3, 0.4) is 0 Å². The van der Waals surface area contributed by atoms with Crippen LogP contribution in [0, 0.1) is 11.7 Å². The molecule has 1 aliphatic heterocycles. The van der Waals surface area contributed by atoms with Crippen LogP contribution in [0.15, 0.2) is 22.8 Å². The highest BCUT2D eigenvalue weighted by Crippen LogP contribution is 2.38. The van der Waals surface area contributed by atoms with Crippen molar-refractivity contribution in [3.8, 4) is 0 Å². The van der Waals surface area contributed by atoms with Gasteiger partial charge in [0, 0.05) is 10.9 Å². The molecule has 1 aromatic carbocycles. The normalized spacial score (nSPS) is 24.6. The summed E-state index contributed by atoms with van der Waals surface area (Å²) in [6.07, 6.45) is 2.49. The maximum Gasteiger partial charge on any atom is 0.139 e. The Morgan fingerprint density at radius 3 is 3.06 bits per heavy atom. The molecule has 1 aliphatic rings. The van der Waals surface area contributed by atoms with Gasteiger partial charge in [0.25, 0.3) is 0 Å². The molecule has 0 spiro atoms. The van der Waals surface area contributed by atoms with Crippen molar-refractivity contribution in [3.63, 3.8) is 0 Å². The van der Waals surface area contributed by atoms with Crippen LogP contribution < -0.4 is 5.32 Å². The molecule has 2 nitrogen and oxygen atoms in total. The standard InChI is InChI=1S/C14H15ClFNO/c1-8-6-17-3-2-10(8)11-4-9(16)5-12-13(15)7-18-14(11)12/h4-5,7-8,10,17H,2-3,6H2,1H3/t8-,10+/m0/s1. The molecule has 0 aliphatic carbocycles. The molecule has 18 heavy (non-hydrogen) atoms. The van der Waals surface area contributed by atoms with Gasteiger partial charge >= 0.3 is 0 Å². The quantitative estimate of drug-likeness (QED) is 0.847. The van der Waals surface area contributed by atoms with Crippen molar-refractivity contribution in [1.29, 1.82) is 0 Å². The Balaban J connectivity index is 2.15. The first-order valence-electron chi connectivity index (χ1n) is 6.23. The van der Waals surface area contributed by atoms with Crippen molar-refractivity contribution in [3.05, 3.63) is 34.8 Å². The van der Waals surface area contributed by atoms with Gasteiger partial charge in [-0.25, -0.2) is 4.39 Å². The summed E-state index contributed by atoms with van der Waals surface area (Å²) in [6.45, 7) is 4.09. The second-order valence-electron chi connectivity index (χ2n) is 5.03. The van der Waals surface area contributed by atoms with Crippen LogP contribution in [-0.4, -0.2) is 13.1 Å². The number of halogens is 2. The van der Waals surface area contributed by atoms with Crippen molar-refractivity contribution in [2.75, 3.05) is 13.1 Å². The summed E-state index contributed by atoms with van der Waals surface area (Å²) < 4.78 is 19.2. The Morgan fingerprint density at radius 1 is 1.44 bits per heavy atom. The maximum atomic E-state index is 13.7. The van der Waals surface area contributed by atoms with Crippen molar-refractivity contribution in [2.24, 2.45) is 5.92 Å². The van der Waals surface area contributed by atoms with Gasteiger partial charge in [0.1, 0.15) is 17.7 Å². The Kier molecular flexibility index (Phi) is 3.04. The number of fused-ring (bicyclic) bond motifs is 1. The summed E-state index contributed by atoms with van der Waals surface area (Å²) in [6, 6.07) is 3.03. The summed E-state index contributed by atoms with van der Waals surface area (Å²) >= 11 is 6.02. The number of nitrogens with one attached hydrogen (secondary N) is 1. The first kappa shape index (κ1) is 12.0. The summed E-state index contributed by atoms with van der Waals surface area (Å²) in [4.78, 5) is 0. The van der Waals surface area contributed by atoms with Gasteiger partial charge in [0.2, 0.25) is 0 Å². The third-order valence-corrected chi connectivity index (χ3v) is 4.10. The van der Waals surface area contributed by atoms with Crippen LogP contribution >= 0.6 is 11.6 Å². The molecule has 4 heteroatoms. The monoisotopic (exact) mass is 267 g/mol. The summed E-state index contributed by atoms with van der Waals surface area (Å²) in [5, 5.41) is 4.51. The maximum absolute atomic E-state index is 13.7. The van der Waals surface area contributed by atoms with Gasteiger partial charge in [-0.15, -0.1) is 0 Å². The van der Waals surface area contributed by atoms with E-state index in [1.165, 1.54) is 12.3 Å². The molecular formula is C14H15ClFNO. The van der Waals surface area contributed by atoms with Crippen LogP contribution in [0.4, 0.5) is 4.39 Å². The third-order valence-electron chi connectivity index (χ3n) is 3.80. The van der Waals surface area contributed by atoms with E-state index in [-0.39, 0.29) is 5.82 Å². The minimum absolute atomic E-state index is 0.244. The largest absolute Gasteiger partial charge is 0.462 e. The van der Waals surface area contributed by atoms with Crippen molar-refractivity contribution < 1.29 is 8.81 Å². The predicted octanol–water partition coefficient (Wildman–Crippen LogP) is 3.94. The zero-order valence-electron chi connectivity index (χ0n) is 10.2. The SMILES string of the molecule is C[C@H]1CNCC[C@H]1c1cc(F)cc2c(Cl)coc12. The zero-order valence-corrected chi connectivity index (χ0v) is 10.9. The van der Waals surface area contributed by atoms with Crippen molar-refractivity contribution in [1.82, 2.24) is 5.32 Å². The van der Waals surface area contributed by atoms with E-state index in [4.69, 9.17) is 16.0 Å². The van der Waals surface area contributed by atoms with Gasteiger partial charge in [-0.05, 0) is 43.5 Å². The lowest BCUT2D eigenvalue weighted by atomic mass is 9.82. The van der Waals surface area contributed by atoms with Gasteiger partial charge in [-0.3, -0.25) is 0 Å². The lowest BCUT2D eigenvalue weighted by Gasteiger charge is -2.29. The van der Waals surface area contributed by atoms with E-state index in [9.17, 15) is 4.39 Å². The third kappa shape index (κ3) is 1.91. The smallest absolute Gasteiger partial charge is 0.139 e. The second-order valence-corrected chi connectivity index (χ2v) is 5.44. The Labute approximate surface area is 110 Å². The number of piperidine rings is 1. The number of hydrogen-bond donors (Lipinski definition) is 1. The molecule has 1 N–H and O–H groups in total.